The van der Waals surface area contributed by atoms with Gasteiger partial charge in [0, 0.05) is 18.0 Å². The number of likely N-dealkylation sites (tertiary alicyclic amines) is 1. The normalized spacial score (nSPS) is 26.2. The molecule has 0 aliphatic carbocycles. The van der Waals surface area contributed by atoms with Gasteiger partial charge in [-0.3, -0.25) is 9.21 Å². The predicted octanol–water partition coefficient (Wildman–Crippen LogP) is 4.10. The lowest BCUT2D eigenvalue weighted by molar-refractivity contribution is 0.111. The van der Waals surface area contributed by atoms with E-state index in [0.29, 0.717) is 37.5 Å². The zero-order valence-electron chi connectivity index (χ0n) is 17.6. The Labute approximate surface area is 177 Å². The van der Waals surface area contributed by atoms with Crippen molar-refractivity contribution in [3.05, 3.63) is 59.4 Å². The highest BCUT2D eigenvalue weighted by Gasteiger charge is 2.49. The number of piperidine rings is 1. The van der Waals surface area contributed by atoms with Gasteiger partial charge in [0.2, 0.25) is 0 Å². The minimum absolute atomic E-state index is 0.116. The molecule has 1 spiro atoms. The van der Waals surface area contributed by atoms with Gasteiger partial charge >= 0.3 is 0 Å². The predicted molar refractivity (Wildman–Crippen MR) is 114 cm³/mol. The van der Waals surface area contributed by atoms with E-state index in [1.807, 2.05) is 0 Å². The molecule has 2 aliphatic rings. The second-order valence-corrected chi connectivity index (χ2v) is 10.5. The molecule has 0 unspecified atom stereocenters. The van der Waals surface area contributed by atoms with Crippen molar-refractivity contribution in [2.75, 3.05) is 10.8 Å². The fraction of sp³-hybridized carbons (Fsp3) is 0.500. The maximum absolute atomic E-state index is 13.8. The maximum atomic E-state index is 13.8. The largest absolute Gasteiger partial charge is 0.447 e. The minimum atomic E-state index is -3.64. The minimum Gasteiger partial charge on any atom is -0.447 e. The van der Waals surface area contributed by atoms with Crippen molar-refractivity contribution in [3.8, 4) is 0 Å². The fourth-order valence-corrected chi connectivity index (χ4v) is 6.32. The molecule has 0 amide bonds. The summed E-state index contributed by atoms with van der Waals surface area (Å²) in [5.41, 5.74) is 0.683. The van der Waals surface area contributed by atoms with Crippen LogP contribution in [0.5, 0.6) is 0 Å². The molecular weight excluding hydrogens is 405 g/mol. The molecule has 1 saturated heterocycles. The molecule has 0 bridgehead atoms. The van der Waals surface area contributed by atoms with Crippen LogP contribution in [0.4, 0.5) is 10.1 Å². The third-order valence-corrected chi connectivity index (χ3v) is 7.59. The topological polar surface area (TPSA) is 66.7 Å². The van der Waals surface area contributed by atoms with E-state index in [2.05, 4.69) is 30.7 Å². The third kappa shape index (κ3) is 3.90. The van der Waals surface area contributed by atoms with Gasteiger partial charge in [-0.05, 0) is 56.4 Å². The molecule has 3 heterocycles. The molecule has 1 fully saturated rings. The summed E-state index contributed by atoms with van der Waals surface area (Å²) in [6.07, 6.45) is 5.39. The van der Waals surface area contributed by atoms with Gasteiger partial charge in [0.05, 0.1) is 23.5 Å². The summed E-state index contributed by atoms with van der Waals surface area (Å²) in [4.78, 5) is 6.67. The number of anilines is 1. The van der Waals surface area contributed by atoms with Crippen LogP contribution in [0, 0.1) is 11.7 Å². The quantitative estimate of drug-likeness (QED) is 0.710. The highest BCUT2D eigenvalue weighted by Crippen LogP contribution is 2.43. The lowest BCUT2D eigenvalue weighted by Crippen LogP contribution is -2.56. The molecule has 0 saturated carbocycles. The summed E-state index contributed by atoms with van der Waals surface area (Å²) < 4.78 is 46.5. The van der Waals surface area contributed by atoms with Crippen LogP contribution in [-0.2, 0) is 23.0 Å². The van der Waals surface area contributed by atoms with Crippen LogP contribution < -0.4 is 4.31 Å². The van der Waals surface area contributed by atoms with Gasteiger partial charge in [0.1, 0.15) is 11.6 Å². The number of aromatic nitrogens is 1. The monoisotopic (exact) mass is 433 g/mol. The Morgan fingerprint density at radius 3 is 2.87 bits per heavy atom. The van der Waals surface area contributed by atoms with Crippen LogP contribution >= 0.6 is 0 Å². The lowest BCUT2D eigenvalue weighted by atomic mass is 9.83. The van der Waals surface area contributed by atoms with Crippen molar-refractivity contribution < 1.29 is 17.2 Å². The number of benzene rings is 1. The van der Waals surface area contributed by atoms with Crippen molar-refractivity contribution in [1.29, 1.82) is 0 Å². The Balaban J connectivity index is 1.56. The van der Waals surface area contributed by atoms with E-state index in [1.54, 1.807) is 18.2 Å². The molecule has 2 atom stereocenters. The number of hydrogen-bond donors (Lipinski definition) is 0. The van der Waals surface area contributed by atoms with E-state index in [4.69, 9.17) is 4.42 Å². The second kappa shape index (κ2) is 7.81. The summed E-state index contributed by atoms with van der Waals surface area (Å²) >= 11 is 0. The van der Waals surface area contributed by atoms with Gasteiger partial charge in [-0.25, -0.2) is 17.8 Å². The van der Waals surface area contributed by atoms with Gasteiger partial charge < -0.3 is 4.42 Å². The van der Waals surface area contributed by atoms with Crippen LogP contribution in [0.15, 0.2) is 46.6 Å². The van der Waals surface area contributed by atoms with E-state index < -0.39 is 21.4 Å². The number of oxazole rings is 1. The number of halogens is 1. The Morgan fingerprint density at radius 1 is 1.37 bits per heavy atom. The third-order valence-electron chi connectivity index (χ3n) is 6.03. The van der Waals surface area contributed by atoms with E-state index in [0.717, 1.165) is 17.9 Å². The van der Waals surface area contributed by atoms with Crippen molar-refractivity contribution in [1.82, 2.24) is 9.88 Å². The first-order valence-corrected chi connectivity index (χ1v) is 11.9. The average Bonchev–Trinajstić information content (AvgIpc) is 3.19. The van der Waals surface area contributed by atoms with E-state index in [9.17, 15) is 12.8 Å². The molecule has 0 N–H and O–H groups in total. The lowest BCUT2D eigenvalue weighted by Gasteiger charge is -2.47. The molecule has 1 aromatic carbocycles. The molecule has 4 rings (SSSR count). The first kappa shape index (κ1) is 21.1. The van der Waals surface area contributed by atoms with E-state index in [-0.39, 0.29) is 6.04 Å². The van der Waals surface area contributed by atoms with Crippen LogP contribution in [0.25, 0.3) is 0 Å². The SMILES string of the molecule is CC(C)Cc1ncoc1CN1CC[C@]2(C=CS(=O)(=O)N2c2cccc(F)c2)C[C@@H]1C. The van der Waals surface area contributed by atoms with Crippen molar-refractivity contribution in [2.24, 2.45) is 5.92 Å². The number of rotatable bonds is 5. The molecule has 2 aliphatic heterocycles. The highest BCUT2D eigenvalue weighted by molar-refractivity contribution is 7.96. The molecule has 162 valence electrons. The van der Waals surface area contributed by atoms with E-state index >= 15 is 0 Å². The molecule has 6 nitrogen and oxygen atoms in total. The summed E-state index contributed by atoms with van der Waals surface area (Å²) in [6.45, 7) is 7.76. The number of nitrogens with zero attached hydrogens (tertiary/aromatic N) is 3. The van der Waals surface area contributed by atoms with Crippen LogP contribution in [0.3, 0.4) is 0 Å². The second-order valence-electron chi connectivity index (χ2n) is 8.79. The molecule has 30 heavy (non-hydrogen) atoms. The van der Waals surface area contributed by atoms with Crippen LogP contribution in [0.2, 0.25) is 0 Å². The Bertz CT molecular complexity index is 1050. The first-order chi connectivity index (χ1) is 14.2. The van der Waals surface area contributed by atoms with Crippen molar-refractivity contribution >= 4 is 15.7 Å². The van der Waals surface area contributed by atoms with Crippen molar-refractivity contribution in [2.45, 2.75) is 58.2 Å². The van der Waals surface area contributed by atoms with Crippen molar-refractivity contribution in [3.63, 3.8) is 0 Å². The zero-order chi connectivity index (χ0) is 21.5. The molecular formula is C22H28FN3O3S. The summed E-state index contributed by atoms with van der Waals surface area (Å²) in [5, 5.41) is 1.26. The van der Waals surface area contributed by atoms with Gasteiger partial charge in [0.15, 0.2) is 6.39 Å². The molecule has 2 aromatic rings. The summed E-state index contributed by atoms with van der Waals surface area (Å²) in [7, 11) is -3.64. The average molecular weight is 434 g/mol. The van der Waals surface area contributed by atoms with Gasteiger partial charge in [-0.1, -0.05) is 19.9 Å². The Morgan fingerprint density at radius 2 is 2.17 bits per heavy atom. The molecule has 1 aromatic heterocycles. The van der Waals surface area contributed by atoms with Crippen LogP contribution in [-0.4, -0.2) is 36.4 Å². The standard InChI is InChI=1S/C22H28FN3O3S/c1-16(2)11-20-21(29-15-24-20)14-25-9-7-22(13-17(25)3)8-10-30(27,28)26(22)19-6-4-5-18(23)12-19/h4-6,8,10,12,15-17H,7,9,11,13-14H2,1-3H3/t17-,22-/m0/s1. The zero-order valence-corrected chi connectivity index (χ0v) is 18.4. The fourth-order valence-electron chi connectivity index (χ4n) is 4.63. The maximum Gasteiger partial charge on any atom is 0.258 e. The van der Waals surface area contributed by atoms with Gasteiger partial charge in [0.25, 0.3) is 10.0 Å². The first-order valence-electron chi connectivity index (χ1n) is 10.4. The number of hydrogen-bond acceptors (Lipinski definition) is 5. The number of sulfonamides is 1. The Kier molecular flexibility index (Phi) is 5.48. The van der Waals surface area contributed by atoms with Crippen LogP contribution in [0.1, 0.15) is 45.1 Å². The Hall–Kier alpha value is -2.19. The summed E-state index contributed by atoms with van der Waals surface area (Å²) in [5.74, 6) is 0.922. The van der Waals surface area contributed by atoms with Gasteiger partial charge in [-0.15, -0.1) is 0 Å². The molecule has 0 radical (unpaired) electrons. The van der Waals surface area contributed by atoms with E-state index in [1.165, 1.54) is 28.2 Å². The molecule has 8 heteroatoms. The van der Waals surface area contributed by atoms with Gasteiger partial charge in [-0.2, -0.15) is 0 Å². The highest BCUT2D eigenvalue weighted by atomic mass is 32.2. The smallest absolute Gasteiger partial charge is 0.258 e. The summed E-state index contributed by atoms with van der Waals surface area (Å²) in [6, 6.07) is 5.92.